The summed E-state index contributed by atoms with van der Waals surface area (Å²) < 4.78 is 31.0. The number of Topliss-reactive ketones (excluding diaryl/α,β-unsaturated/α-hetero) is 1. The number of hydrogen-bond acceptors (Lipinski definition) is 12. The maximum atomic E-state index is 14.5. The van der Waals surface area contributed by atoms with Gasteiger partial charge in [0.15, 0.2) is 16.6 Å². The van der Waals surface area contributed by atoms with E-state index < -0.39 is 85.2 Å². The zero-order chi connectivity index (χ0) is 50.7. The van der Waals surface area contributed by atoms with Gasteiger partial charge in [0.25, 0.3) is 0 Å². The van der Waals surface area contributed by atoms with E-state index in [1.54, 1.807) is 20.8 Å². The van der Waals surface area contributed by atoms with Crippen molar-refractivity contribution in [1.82, 2.24) is 4.98 Å². The number of thiazole rings is 1. The van der Waals surface area contributed by atoms with Gasteiger partial charge in [-0.1, -0.05) is 163 Å². The smallest absolute Gasteiger partial charge is 0.481 e. The van der Waals surface area contributed by atoms with Crippen LogP contribution in [0.3, 0.4) is 0 Å². The van der Waals surface area contributed by atoms with Crippen LogP contribution in [0.1, 0.15) is 113 Å². The molecule has 0 saturated carbocycles. The third-order valence-electron chi connectivity index (χ3n) is 12.2. The van der Waals surface area contributed by atoms with E-state index in [9.17, 15) is 24.3 Å². The van der Waals surface area contributed by atoms with Gasteiger partial charge in [0.1, 0.15) is 36.7 Å². The summed E-state index contributed by atoms with van der Waals surface area (Å²) in [6.07, 6.45) is 4.41. The lowest BCUT2D eigenvalue weighted by Crippen LogP contribution is -2.51. The molecule has 0 bridgehead atoms. The van der Waals surface area contributed by atoms with Gasteiger partial charge in [0.2, 0.25) is 7.59 Å². The quantitative estimate of drug-likeness (QED) is 0.0351. The number of nitrogens with zero attached hydrogens (tertiary/aromatic N) is 1. The van der Waals surface area contributed by atoms with Gasteiger partial charge in [0.05, 0.1) is 30.2 Å². The molecule has 0 spiro atoms. The van der Waals surface area contributed by atoms with E-state index >= 15 is 0 Å². The number of carboxylic acid groups (broad SMARTS) is 1. The molecule has 1 rings (SSSR count). The maximum absolute atomic E-state index is 14.5. The van der Waals surface area contributed by atoms with Crippen LogP contribution < -0.4 is 0 Å². The number of allylic oxidation sites excluding steroid dienone is 3. The molecule has 378 valence electrons. The van der Waals surface area contributed by atoms with E-state index in [1.807, 2.05) is 65.2 Å². The van der Waals surface area contributed by atoms with Crippen LogP contribution >= 0.6 is 80.9 Å². The molecule has 12 nitrogen and oxygen atoms in total. The Morgan fingerprint density at radius 1 is 0.788 bits per heavy atom. The normalized spacial score (nSPS) is 15.8. The molecule has 0 aliphatic carbocycles. The van der Waals surface area contributed by atoms with Gasteiger partial charge < -0.3 is 32.9 Å². The highest BCUT2D eigenvalue weighted by atomic mass is 35.6. The summed E-state index contributed by atoms with van der Waals surface area (Å²) in [5, 5.41) is 12.4. The molecule has 1 heterocycles. The first-order chi connectivity index (χ1) is 30.5. The molecule has 1 aromatic rings. The molecule has 0 aliphatic rings. The van der Waals surface area contributed by atoms with Crippen molar-refractivity contribution in [2.45, 2.75) is 171 Å². The van der Waals surface area contributed by atoms with E-state index in [0.29, 0.717) is 23.5 Å². The molecule has 0 aliphatic heterocycles. The van der Waals surface area contributed by atoms with Crippen LogP contribution in [-0.4, -0.2) is 89.9 Å². The standard InChI is InChI=1S/C45H71Cl6NO11SSi2/c1-13-65(14-2,15-3)62-35(32(9)24-34-27-64-37(52-34)26-58-41(56)59-28-44(46,47)48)23-22-30(7)20-19-21-31(8)39(61-42(57)60-29-45(49,50)51)33(10)40(55)43(11,12)36(25-38(53)54)63-66(16-4,17-5)18-6/h19-20,22,24,27,31,33,35-36,39H,13-18,21,23,25-26,28-29H2,1-12H3,(H,53,54)/t31-,33+,35-,36-,39-/m0/s1. The van der Waals surface area contributed by atoms with E-state index in [1.165, 1.54) is 11.3 Å². The van der Waals surface area contributed by atoms with Crippen molar-refractivity contribution < 1.29 is 52.1 Å². The first-order valence-electron chi connectivity index (χ1n) is 22.4. The second kappa shape index (κ2) is 29.1. The number of carboxylic acids is 1. The fourth-order valence-corrected chi connectivity index (χ4v) is 14.3. The average molecular weight is 1100 g/mol. The summed E-state index contributed by atoms with van der Waals surface area (Å²) in [5.74, 6) is -2.70. The summed E-state index contributed by atoms with van der Waals surface area (Å²) in [7, 11) is -4.41. The predicted molar refractivity (Wildman–Crippen MR) is 274 cm³/mol. The molecule has 0 radical (unpaired) electrons. The van der Waals surface area contributed by atoms with E-state index in [4.69, 9.17) is 97.4 Å². The Morgan fingerprint density at radius 2 is 1.30 bits per heavy atom. The number of aliphatic carboxylic acids is 1. The number of carbonyl (C=O) groups excluding carboxylic acids is 3. The largest absolute Gasteiger partial charge is 0.508 e. The number of halogens is 6. The molecule has 21 heteroatoms. The van der Waals surface area contributed by atoms with Gasteiger partial charge in [-0.2, -0.15) is 0 Å². The van der Waals surface area contributed by atoms with Crippen molar-refractivity contribution in [3.8, 4) is 0 Å². The van der Waals surface area contributed by atoms with Crippen molar-refractivity contribution in [2.75, 3.05) is 13.2 Å². The Hall–Kier alpha value is -1.38. The molecule has 0 aromatic carbocycles. The van der Waals surface area contributed by atoms with Crippen LogP contribution in [-0.2, 0) is 44.0 Å². The summed E-state index contributed by atoms with van der Waals surface area (Å²) >= 11 is 35.8. The highest BCUT2D eigenvalue weighted by molar-refractivity contribution is 7.09. The summed E-state index contributed by atoms with van der Waals surface area (Å²) in [4.78, 5) is 56.3. The molecule has 1 N–H and O–H groups in total. The van der Waals surface area contributed by atoms with Gasteiger partial charge in [-0.15, -0.1) is 11.3 Å². The third kappa shape index (κ3) is 22.1. The van der Waals surface area contributed by atoms with Crippen molar-refractivity contribution in [3.63, 3.8) is 0 Å². The molecule has 0 unspecified atom stereocenters. The SMILES string of the molecule is CC[Si](CC)(CC)O[C@@H](CC=C(C)C=CC[C@H](C)[C@H](OC(=O)OCC(Cl)(Cl)Cl)[C@@H](C)C(=O)C(C)(C)[C@H](CC(=O)O)O[Si](CC)(CC)CC)C(C)=Cc1csc(COC(=O)OCC(Cl)(Cl)Cl)n1. The van der Waals surface area contributed by atoms with E-state index in [2.05, 4.69) is 31.8 Å². The summed E-state index contributed by atoms with van der Waals surface area (Å²) in [6, 6.07) is 5.19. The molecule has 1 aromatic heterocycles. The van der Waals surface area contributed by atoms with Crippen LogP contribution in [0.25, 0.3) is 6.08 Å². The zero-order valence-electron chi connectivity index (χ0n) is 40.4. The second-order valence-electron chi connectivity index (χ2n) is 17.2. The van der Waals surface area contributed by atoms with Gasteiger partial charge in [-0.25, -0.2) is 14.6 Å². The molecule has 5 atom stereocenters. The van der Waals surface area contributed by atoms with Gasteiger partial charge >= 0.3 is 18.3 Å². The van der Waals surface area contributed by atoms with Crippen LogP contribution in [0.4, 0.5) is 9.59 Å². The van der Waals surface area contributed by atoms with Crippen LogP contribution in [0, 0.1) is 17.3 Å². The average Bonchev–Trinajstić information content (AvgIpc) is 3.70. The van der Waals surface area contributed by atoms with Gasteiger partial charge in [0, 0.05) is 10.8 Å². The predicted octanol–water partition coefficient (Wildman–Crippen LogP) is 14.9. The molecule has 0 fully saturated rings. The van der Waals surface area contributed by atoms with Crippen molar-refractivity contribution in [3.05, 3.63) is 45.5 Å². The lowest BCUT2D eigenvalue weighted by atomic mass is 9.73. The van der Waals surface area contributed by atoms with Crippen molar-refractivity contribution in [2.24, 2.45) is 17.3 Å². The van der Waals surface area contributed by atoms with E-state index in [0.717, 1.165) is 47.4 Å². The molecular formula is C45H71Cl6NO11SSi2. The monoisotopic (exact) mass is 1100 g/mol. The number of ketones is 1. The Kier molecular flexibility index (Phi) is 27.6. The molecule has 0 amide bonds. The van der Waals surface area contributed by atoms with E-state index in [-0.39, 0.29) is 24.9 Å². The minimum absolute atomic E-state index is 0.108. The number of rotatable bonds is 29. The van der Waals surface area contributed by atoms with Gasteiger partial charge in [-0.3, -0.25) is 9.59 Å². The zero-order valence-corrected chi connectivity index (χ0v) is 47.8. The molecule has 66 heavy (non-hydrogen) atoms. The maximum Gasteiger partial charge on any atom is 0.508 e. The number of carbonyl (C=O) groups is 4. The summed E-state index contributed by atoms with van der Waals surface area (Å²) in [6.45, 7) is 22.4. The lowest BCUT2D eigenvalue weighted by Gasteiger charge is -2.42. The highest BCUT2D eigenvalue weighted by Gasteiger charge is 2.47. The van der Waals surface area contributed by atoms with Crippen molar-refractivity contribution in [1.29, 1.82) is 0 Å². The number of aromatic nitrogens is 1. The minimum atomic E-state index is -2.35. The van der Waals surface area contributed by atoms with Crippen molar-refractivity contribution >= 4 is 128 Å². The van der Waals surface area contributed by atoms with Crippen LogP contribution in [0.2, 0.25) is 36.3 Å². The summed E-state index contributed by atoms with van der Waals surface area (Å²) in [5.41, 5.74) is 1.38. The van der Waals surface area contributed by atoms with Crippen LogP contribution in [0.15, 0.2) is 34.8 Å². The molecule has 0 saturated heterocycles. The fourth-order valence-electron chi connectivity index (χ4n) is 7.48. The number of ether oxygens (including phenoxy) is 4. The highest BCUT2D eigenvalue weighted by Crippen LogP contribution is 2.38. The Morgan fingerprint density at radius 3 is 1.80 bits per heavy atom. The fraction of sp³-hybridized carbons (Fsp3) is 0.711. The van der Waals surface area contributed by atoms with Gasteiger partial charge in [-0.05, 0) is 80.5 Å². The Balaban J connectivity index is 3.43. The Labute approximate surface area is 428 Å². The first kappa shape index (κ1) is 62.6. The van der Waals surface area contributed by atoms with Crippen LogP contribution in [0.5, 0.6) is 0 Å². The second-order valence-corrected chi connectivity index (χ2v) is 32.6. The number of hydrogen-bond donors (Lipinski definition) is 1. The number of alkyl halides is 6. The molecular weight excluding hydrogens is 1030 g/mol. The first-order valence-corrected chi connectivity index (χ1v) is 30.6. The third-order valence-corrected chi connectivity index (χ3v) is 23.0. The lowest BCUT2D eigenvalue weighted by molar-refractivity contribution is -0.147. The topological polar surface area (TPSA) is 157 Å². The Bertz CT molecular complexity index is 1780. The minimum Gasteiger partial charge on any atom is -0.481 e.